The number of alkyl halides is 3. The lowest BCUT2D eigenvalue weighted by molar-refractivity contribution is -0.0410. The van der Waals surface area contributed by atoms with Gasteiger partial charge in [0.2, 0.25) is 0 Å². The topological polar surface area (TPSA) is 34.1 Å². The molecule has 0 spiro atoms. The first-order chi connectivity index (χ1) is 7.31. The minimum Gasteiger partial charge on any atom is -0.208 e. The van der Waals surface area contributed by atoms with E-state index in [1.165, 1.54) is 0 Å². The van der Waals surface area contributed by atoms with Crippen LogP contribution in [0.3, 0.4) is 0 Å². The van der Waals surface area contributed by atoms with Crippen molar-refractivity contribution in [3.63, 3.8) is 0 Å². The van der Waals surface area contributed by atoms with E-state index >= 15 is 0 Å². The van der Waals surface area contributed by atoms with Gasteiger partial charge in [-0.1, -0.05) is 39.0 Å². The van der Waals surface area contributed by atoms with Gasteiger partial charge < -0.3 is 0 Å². The largest absolute Gasteiger partial charge is 0.507 e. The van der Waals surface area contributed by atoms with Crippen LogP contribution < -0.4 is 0 Å². The minimum absolute atomic E-state index is 0.00333. The van der Waals surface area contributed by atoms with E-state index in [1.54, 1.807) is 0 Å². The van der Waals surface area contributed by atoms with E-state index in [0.717, 1.165) is 32.1 Å². The average molecular weight is 278 g/mol. The van der Waals surface area contributed by atoms with E-state index in [2.05, 4.69) is 6.92 Å². The molecule has 0 rings (SSSR count). The van der Waals surface area contributed by atoms with Crippen LogP contribution in [-0.4, -0.2) is 19.7 Å². The molecule has 0 saturated heterocycles. The molecule has 0 aliphatic heterocycles. The maximum atomic E-state index is 11.9. The Morgan fingerprint density at radius 1 is 1.00 bits per heavy atom. The van der Waals surface area contributed by atoms with E-state index in [-0.39, 0.29) is 16.5 Å². The molecule has 0 unspecified atom stereocenters. The number of unbranched alkanes of at least 4 members (excludes halogenated alkanes) is 5. The molecule has 2 nitrogen and oxygen atoms in total. The van der Waals surface area contributed by atoms with E-state index < -0.39 is 14.4 Å². The zero-order chi connectivity index (χ0) is 12.7. The monoisotopic (exact) mass is 278 g/mol. The van der Waals surface area contributed by atoms with Crippen molar-refractivity contribution < 1.29 is 21.6 Å². The maximum Gasteiger partial charge on any atom is 0.507 e. The van der Waals surface area contributed by atoms with Crippen LogP contribution in [0.5, 0.6) is 0 Å². The molecule has 0 aliphatic rings. The van der Waals surface area contributed by atoms with E-state index in [4.69, 9.17) is 0 Å². The van der Waals surface area contributed by atoms with Crippen molar-refractivity contribution in [2.75, 3.05) is 5.75 Å². The molecular weight excluding hydrogens is 261 g/mol. The van der Waals surface area contributed by atoms with Gasteiger partial charge in [0.15, 0.2) is 0 Å². The molecule has 0 aliphatic carbocycles. The summed E-state index contributed by atoms with van der Waals surface area (Å²) in [5, 5.41) is 0. The predicted molar refractivity (Wildman–Crippen MR) is 60.8 cm³/mol. The van der Waals surface area contributed by atoms with Crippen LogP contribution >= 0.6 is 10.8 Å². The summed E-state index contributed by atoms with van der Waals surface area (Å²) in [6.45, 7) is 2.08. The second kappa shape index (κ2) is 7.42. The third-order valence-corrected chi connectivity index (χ3v) is 5.35. The minimum atomic E-state index is -5.13. The van der Waals surface area contributed by atoms with Gasteiger partial charge in [0.25, 0.3) is 8.87 Å². The summed E-state index contributed by atoms with van der Waals surface area (Å²) in [7, 11) is -4.98. The zero-order valence-electron chi connectivity index (χ0n) is 9.22. The van der Waals surface area contributed by atoms with Gasteiger partial charge in [-0.05, 0) is 17.2 Å². The van der Waals surface area contributed by atoms with Crippen LogP contribution in [-0.2, 0) is 8.87 Å². The Labute approximate surface area is 98.3 Å². The van der Waals surface area contributed by atoms with E-state index in [0.29, 0.717) is 6.42 Å². The van der Waals surface area contributed by atoms with Crippen molar-refractivity contribution in [3.05, 3.63) is 0 Å². The van der Waals surface area contributed by atoms with Crippen molar-refractivity contribution in [1.29, 1.82) is 0 Å². The first kappa shape index (κ1) is 16.1. The second-order valence-electron chi connectivity index (χ2n) is 3.49. The van der Waals surface area contributed by atoms with Crippen molar-refractivity contribution >= 4 is 19.7 Å². The molecule has 0 N–H and O–H groups in total. The molecule has 0 bridgehead atoms. The first-order valence-corrected chi connectivity index (χ1v) is 8.25. The normalized spacial score (nSPS) is 13.0. The highest BCUT2D eigenvalue weighted by Crippen LogP contribution is 2.32. The SMILES string of the molecule is CCCCCCCCSS(=O)(=O)C(F)(F)F. The van der Waals surface area contributed by atoms with Crippen LogP contribution in [0.1, 0.15) is 45.4 Å². The number of halogens is 3. The maximum absolute atomic E-state index is 11.9. The summed E-state index contributed by atoms with van der Waals surface area (Å²) in [6.07, 6.45) is 5.56. The molecule has 16 heavy (non-hydrogen) atoms. The lowest BCUT2D eigenvalue weighted by Crippen LogP contribution is -2.19. The van der Waals surface area contributed by atoms with Gasteiger partial charge in [-0.3, -0.25) is 0 Å². The van der Waals surface area contributed by atoms with Crippen LogP contribution in [0.15, 0.2) is 0 Å². The fourth-order valence-corrected chi connectivity index (χ4v) is 3.21. The molecule has 0 aromatic rings. The van der Waals surface area contributed by atoms with Gasteiger partial charge in [0.1, 0.15) is 0 Å². The summed E-state index contributed by atoms with van der Waals surface area (Å²) in [5.41, 5.74) is -5.13. The highest BCUT2D eigenvalue weighted by atomic mass is 33.1. The molecule has 0 amide bonds. The van der Waals surface area contributed by atoms with Crippen molar-refractivity contribution in [2.45, 2.75) is 51.0 Å². The van der Waals surface area contributed by atoms with Gasteiger partial charge in [-0.25, -0.2) is 8.42 Å². The lowest BCUT2D eigenvalue weighted by atomic mass is 10.1. The Bertz CT molecular complexity index is 273. The Balaban J connectivity index is 3.60. The Morgan fingerprint density at radius 3 is 2.00 bits per heavy atom. The van der Waals surface area contributed by atoms with Crippen molar-refractivity contribution in [2.24, 2.45) is 0 Å². The fourth-order valence-electron chi connectivity index (χ4n) is 1.12. The molecule has 98 valence electrons. The Morgan fingerprint density at radius 2 is 1.50 bits per heavy atom. The highest BCUT2D eigenvalue weighted by Gasteiger charge is 2.45. The lowest BCUT2D eigenvalue weighted by Gasteiger charge is -2.06. The average Bonchev–Trinajstić information content (AvgIpc) is 2.14. The Kier molecular flexibility index (Phi) is 7.46. The van der Waals surface area contributed by atoms with Crippen LogP contribution in [0.25, 0.3) is 0 Å². The smallest absolute Gasteiger partial charge is 0.208 e. The summed E-state index contributed by atoms with van der Waals surface area (Å²) < 4.78 is 57.0. The van der Waals surface area contributed by atoms with Crippen LogP contribution in [0, 0.1) is 0 Å². The number of rotatable bonds is 8. The molecule has 0 radical (unpaired) electrons. The predicted octanol–water partition coefficient (Wildman–Crippen LogP) is 3.93. The number of hydrogen-bond donors (Lipinski definition) is 0. The summed E-state index contributed by atoms with van der Waals surface area (Å²) in [6, 6.07) is 0. The molecule has 0 atom stereocenters. The highest BCUT2D eigenvalue weighted by molar-refractivity contribution is 8.72. The van der Waals surface area contributed by atoms with Crippen LogP contribution in [0.4, 0.5) is 13.2 Å². The molecule has 7 heteroatoms. The van der Waals surface area contributed by atoms with E-state index in [9.17, 15) is 21.6 Å². The van der Waals surface area contributed by atoms with Gasteiger partial charge in [0.05, 0.1) is 0 Å². The standard InChI is InChI=1S/C9H17F3O2S2/c1-2-3-4-5-6-7-8-15-16(13,14)9(10,11)12/h2-8H2,1H3. The third kappa shape index (κ3) is 6.62. The van der Waals surface area contributed by atoms with Gasteiger partial charge in [-0.15, -0.1) is 0 Å². The second-order valence-corrected chi connectivity index (χ2v) is 7.53. The van der Waals surface area contributed by atoms with Gasteiger partial charge in [-0.2, -0.15) is 13.2 Å². The Hall–Kier alpha value is 0.0900. The molecule has 0 aromatic heterocycles. The molecule has 0 saturated carbocycles. The molecular formula is C9H17F3O2S2. The summed E-state index contributed by atoms with van der Waals surface area (Å²) in [4.78, 5) is 0. The van der Waals surface area contributed by atoms with Crippen molar-refractivity contribution in [1.82, 2.24) is 0 Å². The van der Waals surface area contributed by atoms with Crippen LogP contribution in [0.2, 0.25) is 0 Å². The van der Waals surface area contributed by atoms with Crippen molar-refractivity contribution in [3.8, 4) is 0 Å². The fraction of sp³-hybridized carbons (Fsp3) is 1.00. The molecule has 0 fully saturated rings. The van der Waals surface area contributed by atoms with Gasteiger partial charge in [0, 0.05) is 5.75 Å². The summed E-state index contributed by atoms with van der Waals surface area (Å²) >= 11 is 0. The molecule has 0 heterocycles. The quantitative estimate of drug-likeness (QED) is 0.498. The van der Waals surface area contributed by atoms with Gasteiger partial charge >= 0.3 is 5.51 Å². The first-order valence-electron chi connectivity index (χ1n) is 5.27. The van der Waals surface area contributed by atoms with E-state index in [1.807, 2.05) is 0 Å². The third-order valence-electron chi connectivity index (χ3n) is 2.02. The number of hydrogen-bond acceptors (Lipinski definition) is 3. The molecule has 0 aromatic carbocycles. The summed E-state index contributed by atoms with van der Waals surface area (Å²) in [5.74, 6) is 0.0218. The zero-order valence-corrected chi connectivity index (χ0v) is 10.8.